The largest absolute Gasteiger partial charge is 0.322 e. The Balaban J connectivity index is 2.58. The molecule has 0 spiro atoms. The van der Waals surface area contributed by atoms with E-state index in [2.05, 4.69) is 33.0 Å². The van der Waals surface area contributed by atoms with Crippen LogP contribution in [0.25, 0.3) is 0 Å². The van der Waals surface area contributed by atoms with Gasteiger partial charge in [-0.25, -0.2) is 4.79 Å². The first-order valence-electron chi connectivity index (χ1n) is 6.28. The van der Waals surface area contributed by atoms with Gasteiger partial charge in [-0.2, -0.15) is 0 Å². The van der Waals surface area contributed by atoms with E-state index in [1.165, 1.54) is 0 Å². The lowest BCUT2D eigenvalue weighted by molar-refractivity contribution is 0.128. The number of nitrogens with zero attached hydrogens (tertiary/aromatic N) is 2. The molecule has 1 fully saturated rings. The maximum atomic E-state index is 12.3. The van der Waals surface area contributed by atoms with E-state index in [0.717, 1.165) is 32.7 Å². The molecule has 0 saturated carbocycles. The number of urea groups is 1. The van der Waals surface area contributed by atoms with Crippen molar-refractivity contribution in [1.82, 2.24) is 15.1 Å². The van der Waals surface area contributed by atoms with Gasteiger partial charge in [0, 0.05) is 38.8 Å². The molecule has 0 bridgehead atoms. The molecule has 1 rings (SSSR count). The predicted octanol–water partition coefficient (Wildman–Crippen LogP) is 1.38. The van der Waals surface area contributed by atoms with E-state index in [0.29, 0.717) is 5.92 Å². The Hall–Kier alpha value is -0.770. The van der Waals surface area contributed by atoms with Crippen molar-refractivity contribution >= 4 is 6.03 Å². The Kier molecular flexibility index (Phi) is 5.06. The standard InChI is InChI=1S/C12H25N3O/c1-10(2)9-15(11(3)4)12(16)14-7-5-13-6-8-14/h10-11,13H,5-9H2,1-4H3. The van der Waals surface area contributed by atoms with Crippen molar-refractivity contribution in [2.45, 2.75) is 33.7 Å². The molecule has 16 heavy (non-hydrogen) atoms. The zero-order chi connectivity index (χ0) is 12.1. The monoisotopic (exact) mass is 227 g/mol. The molecule has 1 aliphatic rings. The molecule has 1 aliphatic heterocycles. The lowest BCUT2D eigenvalue weighted by Gasteiger charge is -2.36. The number of hydrogen-bond donors (Lipinski definition) is 1. The second-order valence-corrected chi connectivity index (χ2v) is 5.16. The first kappa shape index (κ1) is 13.3. The number of piperazine rings is 1. The fraction of sp³-hybridized carbons (Fsp3) is 0.917. The smallest absolute Gasteiger partial charge is 0.320 e. The average Bonchev–Trinajstić information content (AvgIpc) is 2.25. The second-order valence-electron chi connectivity index (χ2n) is 5.16. The molecule has 1 saturated heterocycles. The van der Waals surface area contributed by atoms with Crippen molar-refractivity contribution < 1.29 is 4.79 Å². The SMILES string of the molecule is CC(C)CN(C(=O)N1CCNCC1)C(C)C. The van der Waals surface area contributed by atoms with Crippen LogP contribution in [-0.2, 0) is 0 Å². The highest BCUT2D eigenvalue weighted by Crippen LogP contribution is 2.09. The molecule has 2 amide bonds. The molecule has 4 heteroatoms. The predicted molar refractivity (Wildman–Crippen MR) is 66.5 cm³/mol. The summed E-state index contributed by atoms with van der Waals surface area (Å²) in [6, 6.07) is 0.481. The van der Waals surface area contributed by atoms with E-state index < -0.39 is 0 Å². The number of carbonyl (C=O) groups is 1. The van der Waals surface area contributed by atoms with Gasteiger partial charge in [-0.3, -0.25) is 0 Å². The normalized spacial score (nSPS) is 17.0. The highest BCUT2D eigenvalue weighted by atomic mass is 16.2. The Labute approximate surface area is 99.0 Å². The molecule has 1 heterocycles. The van der Waals surface area contributed by atoms with E-state index in [9.17, 15) is 4.79 Å². The average molecular weight is 227 g/mol. The van der Waals surface area contributed by atoms with Crippen molar-refractivity contribution in [3.05, 3.63) is 0 Å². The molecule has 0 atom stereocenters. The van der Waals surface area contributed by atoms with Crippen molar-refractivity contribution in [3.63, 3.8) is 0 Å². The third kappa shape index (κ3) is 3.67. The number of amides is 2. The summed E-state index contributed by atoms with van der Waals surface area (Å²) in [6.45, 7) is 12.8. The summed E-state index contributed by atoms with van der Waals surface area (Å²) in [7, 11) is 0. The first-order chi connectivity index (χ1) is 7.52. The maximum absolute atomic E-state index is 12.3. The first-order valence-corrected chi connectivity index (χ1v) is 6.28. The van der Waals surface area contributed by atoms with Crippen LogP contribution >= 0.6 is 0 Å². The van der Waals surface area contributed by atoms with Crippen LogP contribution in [-0.4, -0.2) is 54.6 Å². The summed E-state index contributed by atoms with van der Waals surface area (Å²) in [5.41, 5.74) is 0. The fourth-order valence-corrected chi connectivity index (χ4v) is 1.94. The van der Waals surface area contributed by atoms with Gasteiger partial charge in [-0.1, -0.05) is 13.8 Å². The maximum Gasteiger partial charge on any atom is 0.320 e. The van der Waals surface area contributed by atoms with Crippen LogP contribution in [0.15, 0.2) is 0 Å². The Morgan fingerprint density at radius 2 is 1.81 bits per heavy atom. The number of carbonyl (C=O) groups excluding carboxylic acids is 1. The van der Waals surface area contributed by atoms with Gasteiger partial charge in [0.1, 0.15) is 0 Å². The van der Waals surface area contributed by atoms with Gasteiger partial charge in [-0.15, -0.1) is 0 Å². The Bertz CT molecular complexity index is 222. The molecule has 0 aromatic heterocycles. The van der Waals surface area contributed by atoms with Gasteiger partial charge in [0.15, 0.2) is 0 Å². The van der Waals surface area contributed by atoms with Crippen LogP contribution in [0.4, 0.5) is 4.79 Å². The van der Waals surface area contributed by atoms with Crippen LogP contribution in [0.2, 0.25) is 0 Å². The van der Waals surface area contributed by atoms with Crippen LogP contribution in [0.3, 0.4) is 0 Å². The third-order valence-corrected chi connectivity index (χ3v) is 2.82. The number of nitrogens with one attached hydrogen (secondary N) is 1. The van der Waals surface area contributed by atoms with Gasteiger partial charge in [0.25, 0.3) is 0 Å². The Morgan fingerprint density at radius 3 is 2.25 bits per heavy atom. The van der Waals surface area contributed by atoms with Gasteiger partial charge >= 0.3 is 6.03 Å². The van der Waals surface area contributed by atoms with Crippen LogP contribution in [0, 0.1) is 5.92 Å². The summed E-state index contributed by atoms with van der Waals surface area (Å²) in [6.07, 6.45) is 0. The molecule has 0 aromatic rings. The summed E-state index contributed by atoms with van der Waals surface area (Å²) in [4.78, 5) is 16.2. The minimum atomic E-state index is 0.199. The molecule has 0 aromatic carbocycles. The number of rotatable bonds is 3. The molecule has 94 valence electrons. The van der Waals surface area contributed by atoms with E-state index >= 15 is 0 Å². The molecule has 1 N–H and O–H groups in total. The fourth-order valence-electron chi connectivity index (χ4n) is 1.94. The molecule has 0 unspecified atom stereocenters. The van der Waals surface area contributed by atoms with E-state index in [4.69, 9.17) is 0 Å². The van der Waals surface area contributed by atoms with Gasteiger partial charge in [0.05, 0.1) is 0 Å². The van der Waals surface area contributed by atoms with Crippen molar-refractivity contribution in [2.24, 2.45) is 5.92 Å². The zero-order valence-corrected chi connectivity index (χ0v) is 11.0. The summed E-state index contributed by atoms with van der Waals surface area (Å²) >= 11 is 0. The Morgan fingerprint density at radius 1 is 1.25 bits per heavy atom. The summed E-state index contributed by atoms with van der Waals surface area (Å²) in [5.74, 6) is 0.522. The zero-order valence-electron chi connectivity index (χ0n) is 11.0. The minimum absolute atomic E-state index is 0.199. The highest BCUT2D eigenvalue weighted by molar-refractivity contribution is 5.74. The van der Waals surface area contributed by atoms with Crippen LogP contribution in [0.1, 0.15) is 27.7 Å². The minimum Gasteiger partial charge on any atom is -0.322 e. The second kappa shape index (κ2) is 6.09. The van der Waals surface area contributed by atoms with E-state index in [1.807, 2.05) is 9.80 Å². The lowest BCUT2D eigenvalue weighted by atomic mass is 10.2. The van der Waals surface area contributed by atoms with Crippen LogP contribution in [0.5, 0.6) is 0 Å². The molecular formula is C12H25N3O. The van der Waals surface area contributed by atoms with Crippen molar-refractivity contribution in [3.8, 4) is 0 Å². The van der Waals surface area contributed by atoms with E-state index in [-0.39, 0.29) is 12.1 Å². The summed E-state index contributed by atoms with van der Waals surface area (Å²) in [5, 5.41) is 3.27. The van der Waals surface area contributed by atoms with Gasteiger partial charge in [0.2, 0.25) is 0 Å². The quantitative estimate of drug-likeness (QED) is 0.790. The van der Waals surface area contributed by atoms with Gasteiger partial charge < -0.3 is 15.1 Å². The highest BCUT2D eigenvalue weighted by Gasteiger charge is 2.24. The molecule has 0 radical (unpaired) electrons. The van der Waals surface area contributed by atoms with Crippen molar-refractivity contribution in [2.75, 3.05) is 32.7 Å². The molecule has 4 nitrogen and oxygen atoms in total. The van der Waals surface area contributed by atoms with Gasteiger partial charge in [-0.05, 0) is 19.8 Å². The molecule has 0 aliphatic carbocycles. The molecular weight excluding hydrogens is 202 g/mol. The topological polar surface area (TPSA) is 35.6 Å². The van der Waals surface area contributed by atoms with Crippen molar-refractivity contribution in [1.29, 1.82) is 0 Å². The lowest BCUT2D eigenvalue weighted by Crippen LogP contribution is -2.53. The third-order valence-electron chi connectivity index (χ3n) is 2.82. The van der Waals surface area contributed by atoms with Crippen LogP contribution < -0.4 is 5.32 Å². The summed E-state index contributed by atoms with van der Waals surface area (Å²) < 4.78 is 0. The number of hydrogen-bond acceptors (Lipinski definition) is 2. The van der Waals surface area contributed by atoms with E-state index in [1.54, 1.807) is 0 Å².